The van der Waals surface area contributed by atoms with Gasteiger partial charge in [0, 0.05) is 25.5 Å². The summed E-state index contributed by atoms with van der Waals surface area (Å²) in [6.45, 7) is 2.00. The second-order valence-electron chi connectivity index (χ2n) is 6.42. The second kappa shape index (κ2) is 8.48. The summed E-state index contributed by atoms with van der Waals surface area (Å²) < 4.78 is 46.3. The van der Waals surface area contributed by atoms with Gasteiger partial charge in [0.1, 0.15) is 0 Å². The fourth-order valence-electron chi connectivity index (χ4n) is 2.98. The molecule has 1 aromatic carbocycles. The Morgan fingerprint density at radius 3 is 2.80 bits per heavy atom. The number of rotatable bonds is 5. The van der Waals surface area contributed by atoms with Crippen molar-refractivity contribution in [2.75, 3.05) is 42.3 Å². The molecule has 3 heterocycles. The van der Waals surface area contributed by atoms with E-state index in [9.17, 15) is 18.0 Å². The van der Waals surface area contributed by atoms with Crippen molar-refractivity contribution in [2.45, 2.75) is 11.3 Å². The van der Waals surface area contributed by atoms with E-state index in [4.69, 9.17) is 4.74 Å². The standard InChI is InChI=1S/C18H17F3N6O2S/c19-18(20,21)12-2-3-14(26-6-8-29-9-7-26)13(10-12)23-15(28)11-30-17-24-16-22-4-1-5-27(16)25-17/h1-5,10H,6-9,11H2,(H,23,28). The molecular weight excluding hydrogens is 421 g/mol. The highest BCUT2D eigenvalue weighted by atomic mass is 32.2. The van der Waals surface area contributed by atoms with E-state index in [1.165, 1.54) is 10.6 Å². The van der Waals surface area contributed by atoms with Crippen LogP contribution in [0.4, 0.5) is 24.5 Å². The SMILES string of the molecule is O=C(CSc1nc2ncccn2n1)Nc1cc(C(F)(F)F)ccc1N1CCOCC1. The van der Waals surface area contributed by atoms with E-state index in [0.717, 1.165) is 23.9 Å². The first-order valence-electron chi connectivity index (χ1n) is 9.04. The van der Waals surface area contributed by atoms with Crippen LogP contribution < -0.4 is 10.2 Å². The first kappa shape index (κ1) is 20.4. The number of carbonyl (C=O) groups is 1. The highest BCUT2D eigenvalue weighted by Crippen LogP contribution is 2.36. The van der Waals surface area contributed by atoms with E-state index in [1.54, 1.807) is 18.5 Å². The zero-order chi connectivity index (χ0) is 21.1. The van der Waals surface area contributed by atoms with Crippen molar-refractivity contribution in [3.8, 4) is 0 Å². The number of hydrogen-bond acceptors (Lipinski definition) is 7. The third-order valence-corrected chi connectivity index (χ3v) is 5.22. The number of benzene rings is 1. The Kier molecular flexibility index (Phi) is 5.77. The van der Waals surface area contributed by atoms with Gasteiger partial charge in [-0.3, -0.25) is 4.79 Å². The van der Waals surface area contributed by atoms with E-state index in [0.29, 0.717) is 42.9 Å². The van der Waals surface area contributed by atoms with Crippen molar-refractivity contribution in [3.63, 3.8) is 0 Å². The van der Waals surface area contributed by atoms with Crippen molar-refractivity contribution in [1.29, 1.82) is 0 Å². The van der Waals surface area contributed by atoms with Crippen LogP contribution in [0.25, 0.3) is 5.78 Å². The number of amides is 1. The number of anilines is 2. The third kappa shape index (κ3) is 4.65. The molecule has 0 atom stereocenters. The van der Waals surface area contributed by atoms with Crippen LogP contribution in [0.1, 0.15) is 5.56 Å². The Hall–Kier alpha value is -2.86. The van der Waals surface area contributed by atoms with Gasteiger partial charge in [-0.15, -0.1) is 5.10 Å². The molecule has 0 bridgehead atoms. The maximum atomic E-state index is 13.2. The number of halogens is 3. The number of carbonyl (C=O) groups excluding carboxylic acids is 1. The normalized spacial score (nSPS) is 14.8. The number of hydrogen-bond donors (Lipinski definition) is 1. The topological polar surface area (TPSA) is 84.7 Å². The molecule has 12 heteroatoms. The molecule has 1 fully saturated rings. The fraction of sp³-hybridized carbons (Fsp3) is 0.333. The van der Waals surface area contributed by atoms with Crippen LogP contribution in [-0.2, 0) is 15.7 Å². The molecule has 1 saturated heterocycles. The second-order valence-corrected chi connectivity index (χ2v) is 7.37. The smallest absolute Gasteiger partial charge is 0.378 e. The van der Waals surface area contributed by atoms with Crippen LogP contribution in [0.5, 0.6) is 0 Å². The molecule has 158 valence electrons. The molecule has 8 nitrogen and oxygen atoms in total. The Labute approximate surface area is 173 Å². The fourth-order valence-corrected chi connectivity index (χ4v) is 3.61. The van der Waals surface area contributed by atoms with E-state index in [2.05, 4.69) is 20.4 Å². The number of nitrogens with zero attached hydrogens (tertiary/aromatic N) is 5. The lowest BCUT2D eigenvalue weighted by molar-refractivity contribution is -0.137. The number of thioether (sulfide) groups is 1. The summed E-state index contributed by atoms with van der Waals surface area (Å²) in [6.07, 6.45) is -1.26. The summed E-state index contributed by atoms with van der Waals surface area (Å²) in [5, 5.41) is 7.14. The summed E-state index contributed by atoms with van der Waals surface area (Å²) >= 11 is 1.07. The van der Waals surface area contributed by atoms with Gasteiger partial charge < -0.3 is 15.0 Å². The minimum absolute atomic E-state index is 0.0598. The monoisotopic (exact) mass is 438 g/mol. The molecule has 2 aromatic heterocycles. The zero-order valence-corrected chi connectivity index (χ0v) is 16.4. The molecule has 4 rings (SSSR count). The lowest BCUT2D eigenvalue weighted by Crippen LogP contribution is -2.37. The summed E-state index contributed by atoms with van der Waals surface area (Å²) in [6, 6.07) is 5.05. The van der Waals surface area contributed by atoms with Crippen LogP contribution in [0, 0.1) is 0 Å². The molecule has 0 saturated carbocycles. The highest BCUT2D eigenvalue weighted by molar-refractivity contribution is 7.99. The Balaban J connectivity index is 1.50. The van der Waals surface area contributed by atoms with Crippen LogP contribution in [0.2, 0.25) is 0 Å². The number of aromatic nitrogens is 4. The quantitative estimate of drug-likeness (QED) is 0.613. The number of ether oxygens (including phenoxy) is 1. The Bertz CT molecular complexity index is 1020. The highest BCUT2D eigenvalue weighted by Gasteiger charge is 2.32. The Morgan fingerprint density at radius 1 is 1.27 bits per heavy atom. The Morgan fingerprint density at radius 2 is 2.07 bits per heavy atom. The van der Waals surface area contributed by atoms with Crippen molar-refractivity contribution >= 4 is 34.8 Å². The summed E-state index contributed by atoms with van der Waals surface area (Å²) in [5.74, 6) is -0.121. The molecule has 1 aliphatic heterocycles. The molecular formula is C18H17F3N6O2S. The van der Waals surface area contributed by atoms with E-state index in [1.807, 2.05) is 4.90 Å². The minimum atomic E-state index is -4.51. The zero-order valence-electron chi connectivity index (χ0n) is 15.6. The van der Waals surface area contributed by atoms with E-state index in [-0.39, 0.29) is 11.4 Å². The molecule has 0 aliphatic carbocycles. The van der Waals surface area contributed by atoms with Crippen molar-refractivity contribution in [2.24, 2.45) is 0 Å². The molecule has 1 aliphatic rings. The van der Waals surface area contributed by atoms with Gasteiger partial charge in [-0.1, -0.05) is 11.8 Å². The average Bonchev–Trinajstić information content (AvgIpc) is 3.15. The largest absolute Gasteiger partial charge is 0.416 e. The molecule has 3 aromatic rings. The summed E-state index contributed by atoms with van der Waals surface area (Å²) in [4.78, 5) is 22.6. The van der Waals surface area contributed by atoms with Crippen molar-refractivity contribution in [3.05, 3.63) is 42.2 Å². The number of nitrogens with one attached hydrogen (secondary N) is 1. The molecule has 0 unspecified atom stereocenters. The van der Waals surface area contributed by atoms with Gasteiger partial charge >= 0.3 is 6.18 Å². The molecule has 1 amide bonds. The summed E-state index contributed by atoms with van der Waals surface area (Å²) in [7, 11) is 0. The lowest BCUT2D eigenvalue weighted by Gasteiger charge is -2.31. The molecule has 1 N–H and O–H groups in total. The third-order valence-electron chi connectivity index (χ3n) is 4.38. The van der Waals surface area contributed by atoms with Gasteiger partial charge in [0.25, 0.3) is 5.78 Å². The van der Waals surface area contributed by atoms with Crippen LogP contribution in [0.15, 0.2) is 41.8 Å². The predicted octanol–water partition coefficient (Wildman–Crippen LogP) is 2.71. The average molecular weight is 438 g/mol. The van der Waals surface area contributed by atoms with Crippen molar-refractivity contribution < 1.29 is 22.7 Å². The minimum Gasteiger partial charge on any atom is -0.378 e. The van der Waals surface area contributed by atoms with Gasteiger partial charge in [-0.2, -0.15) is 18.2 Å². The lowest BCUT2D eigenvalue weighted by atomic mass is 10.1. The van der Waals surface area contributed by atoms with E-state index < -0.39 is 17.6 Å². The maximum Gasteiger partial charge on any atom is 0.416 e. The van der Waals surface area contributed by atoms with Crippen LogP contribution >= 0.6 is 11.8 Å². The number of alkyl halides is 3. The maximum absolute atomic E-state index is 13.2. The summed E-state index contributed by atoms with van der Waals surface area (Å²) in [5.41, 5.74) is -0.183. The first-order chi connectivity index (χ1) is 14.4. The van der Waals surface area contributed by atoms with Gasteiger partial charge in [0.2, 0.25) is 11.1 Å². The van der Waals surface area contributed by atoms with Gasteiger partial charge in [-0.05, 0) is 24.3 Å². The number of fused-ring (bicyclic) bond motifs is 1. The van der Waals surface area contributed by atoms with Crippen LogP contribution in [-0.4, -0.2) is 57.5 Å². The van der Waals surface area contributed by atoms with E-state index >= 15 is 0 Å². The molecule has 0 radical (unpaired) electrons. The van der Waals surface area contributed by atoms with Crippen molar-refractivity contribution in [1.82, 2.24) is 19.6 Å². The first-order valence-corrected chi connectivity index (χ1v) is 10.0. The number of morpholine rings is 1. The van der Waals surface area contributed by atoms with Gasteiger partial charge in [0.05, 0.1) is 35.9 Å². The van der Waals surface area contributed by atoms with Gasteiger partial charge in [-0.25, -0.2) is 9.50 Å². The molecule has 30 heavy (non-hydrogen) atoms. The predicted molar refractivity (Wildman–Crippen MR) is 105 cm³/mol. The molecule has 0 spiro atoms. The van der Waals surface area contributed by atoms with Crippen LogP contribution in [0.3, 0.4) is 0 Å². The van der Waals surface area contributed by atoms with Gasteiger partial charge in [0.15, 0.2) is 0 Å².